The highest BCUT2D eigenvalue weighted by molar-refractivity contribution is 7.85. The molecule has 1 atom stereocenters. The van der Waals surface area contributed by atoms with Crippen molar-refractivity contribution >= 4 is 10.1 Å². The monoisotopic (exact) mass is 286 g/mol. The van der Waals surface area contributed by atoms with Gasteiger partial charge in [-0.3, -0.25) is 4.55 Å². The number of unbranched alkanes of at least 4 members (excludes halogenated alkanes) is 1. The van der Waals surface area contributed by atoms with Crippen LogP contribution in [-0.4, -0.2) is 26.2 Å². The molecule has 0 amide bonds. The highest BCUT2D eigenvalue weighted by Crippen LogP contribution is 2.20. The van der Waals surface area contributed by atoms with Gasteiger partial charge in [-0.25, -0.2) is 0 Å². The zero-order valence-corrected chi connectivity index (χ0v) is 12.5. The maximum absolute atomic E-state index is 11.3. The molecule has 0 heterocycles. The van der Waals surface area contributed by atoms with Crippen LogP contribution in [0.3, 0.4) is 0 Å². The van der Waals surface area contributed by atoms with Gasteiger partial charge >= 0.3 is 0 Å². The number of hydrogen-bond acceptors (Lipinski definition) is 3. The van der Waals surface area contributed by atoms with Gasteiger partial charge in [-0.2, -0.15) is 8.42 Å². The number of methoxy groups -OCH3 is 1. The molecule has 1 N–H and O–H groups in total. The SMILES string of the molecule is COC(C)CCCCc1cc(C)ccc1S(=O)(=O)O. The smallest absolute Gasteiger partial charge is 0.294 e. The summed E-state index contributed by atoms with van der Waals surface area (Å²) in [5.41, 5.74) is 1.68. The topological polar surface area (TPSA) is 63.6 Å². The van der Waals surface area contributed by atoms with Gasteiger partial charge in [0.2, 0.25) is 0 Å². The first-order valence-electron chi connectivity index (χ1n) is 6.44. The van der Waals surface area contributed by atoms with Crippen molar-refractivity contribution in [1.82, 2.24) is 0 Å². The van der Waals surface area contributed by atoms with Crippen LogP contribution in [0.2, 0.25) is 0 Å². The van der Waals surface area contributed by atoms with E-state index in [1.54, 1.807) is 13.2 Å². The number of aryl methyl sites for hydroxylation is 2. The molecule has 0 saturated heterocycles. The van der Waals surface area contributed by atoms with Gasteiger partial charge in [0.1, 0.15) is 0 Å². The van der Waals surface area contributed by atoms with E-state index in [1.807, 2.05) is 19.9 Å². The molecule has 0 aliphatic rings. The van der Waals surface area contributed by atoms with Crippen LogP contribution >= 0.6 is 0 Å². The van der Waals surface area contributed by atoms with E-state index in [9.17, 15) is 13.0 Å². The first kappa shape index (κ1) is 16.1. The van der Waals surface area contributed by atoms with Crippen LogP contribution in [0.1, 0.15) is 37.3 Å². The summed E-state index contributed by atoms with van der Waals surface area (Å²) in [6.45, 7) is 3.92. The zero-order chi connectivity index (χ0) is 14.5. The standard InChI is InChI=1S/C14H22O4S/c1-11-8-9-14(19(15,16)17)13(10-11)7-5-4-6-12(2)18-3/h8-10,12H,4-7H2,1-3H3,(H,15,16,17). The van der Waals surface area contributed by atoms with Crippen LogP contribution in [-0.2, 0) is 21.3 Å². The first-order valence-corrected chi connectivity index (χ1v) is 7.88. The second-order valence-electron chi connectivity index (χ2n) is 4.88. The zero-order valence-electron chi connectivity index (χ0n) is 11.7. The summed E-state index contributed by atoms with van der Waals surface area (Å²) in [5, 5.41) is 0. The molecule has 1 aromatic rings. The summed E-state index contributed by atoms with van der Waals surface area (Å²) in [7, 11) is -2.45. The maximum Gasteiger partial charge on any atom is 0.294 e. The average molecular weight is 286 g/mol. The fourth-order valence-electron chi connectivity index (χ4n) is 2.02. The Balaban J connectivity index is 2.70. The van der Waals surface area contributed by atoms with Gasteiger partial charge in [0, 0.05) is 7.11 Å². The van der Waals surface area contributed by atoms with E-state index in [0.717, 1.165) is 24.8 Å². The molecular formula is C14H22O4S. The number of ether oxygens (including phenoxy) is 1. The minimum Gasteiger partial charge on any atom is -0.382 e. The minimum absolute atomic E-state index is 0.0258. The highest BCUT2D eigenvalue weighted by atomic mass is 32.2. The molecule has 0 aromatic heterocycles. The molecule has 108 valence electrons. The van der Waals surface area contributed by atoms with Gasteiger partial charge < -0.3 is 4.74 Å². The van der Waals surface area contributed by atoms with Gasteiger partial charge in [-0.05, 0) is 44.7 Å². The van der Waals surface area contributed by atoms with Crippen LogP contribution in [0.4, 0.5) is 0 Å². The van der Waals surface area contributed by atoms with Gasteiger partial charge in [0.25, 0.3) is 10.1 Å². The quantitative estimate of drug-likeness (QED) is 0.618. The summed E-state index contributed by atoms with van der Waals surface area (Å²) >= 11 is 0. The Kier molecular flexibility index (Phi) is 5.97. The summed E-state index contributed by atoms with van der Waals surface area (Å²) in [6, 6.07) is 4.99. The lowest BCUT2D eigenvalue weighted by molar-refractivity contribution is 0.108. The third-order valence-corrected chi connectivity index (χ3v) is 4.16. The molecule has 1 unspecified atom stereocenters. The molecule has 0 aliphatic heterocycles. The molecule has 0 spiro atoms. The number of benzene rings is 1. The Labute approximate surface area is 115 Å². The predicted molar refractivity (Wildman–Crippen MR) is 75.0 cm³/mol. The molecular weight excluding hydrogens is 264 g/mol. The van der Waals surface area contributed by atoms with Crippen molar-refractivity contribution in [2.24, 2.45) is 0 Å². The Morgan fingerprint density at radius 2 is 2.00 bits per heavy atom. The molecule has 1 aromatic carbocycles. The van der Waals surface area contributed by atoms with Crippen molar-refractivity contribution in [3.05, 3.63) is 29.3 Å². The fraction of sp³-hybridized carbons (Fsp3) is 0.571. The average Bonchev–Trinajstić information content (AvgIpc) is 2.32. The molecule has 0 radical (unpaired) electrons. The lowest BCUT2D eigenvalue weighted by Crippen LogP contribution is -2.06. The summed E-state index contributed by atoms with van der Waals surface area (Å²) in [6.07, 6.45) is 3.66. The highest BCUT2D eigenvalue weighted by Gasteiger charge is 2.15. The van der Waals surface area contributed by atoms with Crippen LogP contribution in [0.5, 0.6) is 0 Å². The molecule has 5 heteroatoms. The minimum atomic E-state index is -4.13. The van der Waals surface area contributed by atoms with Crippen molar-refractivity contribution < 1.29 is 17.7 Å². The van der Waals surface area contributed by atoms with Gasteiger partial charge in [0.05, 0.1) is 11.0 Å². The Bertz CT molecular complexity index is 508. The maximum atomic E-state index is 11.3. The van der Waals surface area contributed by atoms with Crippen molar-refractivity contribution in [3.63, 3.8) is 0 Å². The van der Waals surface area contributed by atoms with Crippen molar-refractivity contribution in [2.45, 2.75) is 50.5 Å². The molecule has 19 heavy (non-hydrogen) atoms. The summed E-state index contributed by atoms with van der Waals surface area (Å²) < 4.78 is 36.9. The largest absolute Gasteiger partial charge is 0.382 e. The van der Waals surface area contributed by atoms with Crippen molar-refractivity contribution in [3.8, 4) is 0 Å². The van der Waals surface area contributed by atoms with E-state index in [4.69, 9.17) is 4.74 Å². The molecule has 0 bridgehead atoms. The van der Waals surface area contributed by atoms with Crippen molar-refractivity contribution in [2.75, 3.05) is 7.11 Å². The summed E-state index contributed by atoms with van der Waals surface area (Å²) in [4.78, 5) is 0.0258. The summed E-state index contributed by atoms with van der Waals surface area (Å²) in [5.74, 6) is 0. The molecule has 0 saturated carbocycles. The molecule has 0 aliphatic carbocycles. The molecule has 0 fully saturated rings. The Hall–Kier alpha value is -0.910. The second-order valence-corrected chi connectivity index (χ2v) is 6.27. The van der Waals surface area contributed by atoms with E-state index >= 15 is 0 Å². The van der Waals surface area contributed by atoms with E-state index in [1.165, 1.54) is 6.07 Å². The van der Waals surface area contributed by atoms with Crippen LogP contribution in [0.15, 0.2) is 23.1 Å². The van der Waals surface area contributed by atoms with Gasteiger partial charge in [-0.15, -0.1) is 0 Å². The van der Waals surface area contributed by atoms with Crippen LogP contribution < -0.4 is 0 Å². The second kappa shape index (κ2) is 7.03. The van der Waals surface area contributed by atoms with E-state index in [-0.39, 0.29) is 11.0 Å². The Morgan fingerprint density at radius 3 is 2.58 bits per heavy atom. The third kappa shape index (κ3) is 5.30. The fourth-order valence-corrected chi connectivity index (χ4v) is 2.75. The number of hydrogen-bond donors (Lipinski definition) is 1. The lowest BCUT2D eigenvalue weighted by Gasteiger charge is -2.10. The predicted octanol–water partition coefficient (Wildman–Crippen LogP) is 2.99. The third-order valence-electron chi connectivity index (χ3n) is 3.20. The van der Waals surface area contributed by atoms with E-state index in [0.29, 0.717) is 12.0 Å². The van der Waals surface area contributed by atoms with E-state index in [2.05, 4.69) is 0 Å². The first-order chi connectivity index (χ1) is 8.84. The molecule has 1 rings (SSSR count). The van der Waals surface area contributed by atoms with Crippen LogP contribution in [0, 0.1) is 6.92 Å². The van der Waals surface area contributed by atoms with Crippen molar-refractivity contribution in [1.29, 1.82) is 0 Å². The van der Waals surface area contributed by atoms with Crippen LogP contribution in [0.25, 0.3) is 0 Å². The Morgan fingerprint density at radius 1 is 1.32 bits per heavy atom. The normalized spacial score (nSPS) is 13.5. The molecule has 4 nitrogen and oxygen atoms in total. The van der Waals surface area contributed by atoms with Gasteiger partial charge in [-0.1, -0.05) is 24.1 Å². The lowest BCUT2D eigenvalue weighted by atomic mass is 10.0. The number of rotatable bonds is 7. The van der Waals surface area contributed by atoms with E-state index < -0.39 is 10.1 Å². The van der Waals surface area contributed by atoms with Gasteiger partial charge in [0.15, 0.2) is 0 Å².